The molecule has 0 saturated carbocycles. The first-order chi connectivity index (χ1) is 8.69. The van der Waals surface area contributed by atoms with Crippen LogP contribution in [0.2, 0.25) is 0 Å². The Labute approximate surface area is 107 Å². The summed E-state index contributed by atoms with van der Waals surface area (Å²) in [6.45, 7) is 3.52. The molecule has 0 spiro atoms. The Morgan fingerprint density at radius 3 is 3.17 bits per heavy atom. The van der Waals surface area contributed by atoms with Crippen LogP contribution in [0.5, 0.6) is 0 Å². The highest BCUT2D eigenvalue weighted by molar-refractivity contribution is 5.81. The van der Waals surface area contributed by atoms with E-state index in [1.807, 2.05) is 20.2 Å². The summed E-state index contributed by atoms with van der Waals surface area (Å²) in [5.74, 6) is 0.622. The summed E-state index contributed by atoms with van der Waals surface area (Å²) in [4.78, 5) is 11.8. The van der Waals surface area contributed by atoms with E-state index >= 15 is 0 Å². The highest BCUT2D eigenvalue weighted by atomic mass is 16.2. The van der Waals surface area contributed by atoms with Gasteiger partial charge in [0.1, 0.15) is 0 Å². The van der Waals surface area contributed by atoms with Crippen molar-refractivity contribution in [1.29, 1.82) is 0 Å². The number of hydrogen-bond donors (Lipinski definition) is 2. The van der Waals surface area contributed by atoms with Crippen LogP contribution in [0.1, 0.15) is 25.5 Å². The van der Waals surface area contributed by atoms with Gasteiger partial charge in [0.25, 0.3) is 0 Å². The molecule has 1 aliphatic rings. The average Bonchev–Trinajstić information content (AvgIpc) is 2.75. The number of piperidine rings is 1. The Hall–Kier alpha value is -1.43. The predicted molar refractivity (Wildman–Crippen MR) is 67.9 cm³/mol. The zero-order valence-electron chi connectivity index (χ0n) is 11.0. The van der Waals surface area contributed by atoms with Crippen molar-refractivity contribution in [1.82, 2.24) is 25.6 Å². The van der Waals surface area contributed by atoms with Gasteiger partial charge < -0.3 is 10.6 Å². The molecule has 1 aromatic heterocycles. The Kier molecular flexibility index (Phi) is 4.30. The fraction of sp³-hybridized carbons (Fsp3) is 0.750. The van der Waals surface area contributed by atoms with Crippen LogP contribution in [0.15, 0.2) is 6.20 Å². The van der Waals surface area contributed by atoms with Gasteiger partial charge in [-0.1, -0.05) is 5.21 Å². The van der Waals surface area contributed by atoms with E-state index in [2.05, 4.69) is 20.9 Å². The van der Waals surface area contributed by atoms with Gasteiger partial charge in [0.05, 0.1) is 11.7 Å². The summed E-state index contributed by atoms with van der Waals surface area (Å²) >= 11 is 0. The third-order valence-electron chi connectivity index (χ3n) is 3.33. The third kappa shape index (κ3) is 3.29. The van der Waals surface area contributed by atoms with Gasteiger partial charge in [0.15, 0.2) is 0 Å². The molecular weight excluding hydrogens is 230 g/mol. The zero-order valence-corrected chi connectivity index (χ0v) is 11.0. The van der Waals surface area contributed by atoms with Crippen LogP contribution >= 0.6 is 0 Å². The first kappa shape index (κ1) is 13.0. The molecular formula is C12H21N5O. The molecule has 2 atom stereocenters. The lowest BCUT2D eigenvalue weighted by Crippen LogP contribution is -2.49. The van der Waals surface area contributed by atoms with Crippen LogP contribution in [0.4, 0.5) is 0 Å². The molecule has 6 heteroatoms. The minimum atomic E-state index is -0.0552. The smallest absolute Gasteiger partial charge is 0.237 e. The summed E-state index contributed by atoms with van der Waals surface area (Å²) < 4.78 is 1.72. The van der Waals surface area contributed by atoms with E-state index in [9.17, 15) is 4.79 Å². The molecule has 100 valence electrons. The van der Waals surface area contributed by atoms with Gasteiger partial charge in [-0.15, -0.1) is 5.10 Å². The van der Waals surface area contributed by atoms with E-state index < -0.39 is 0 Å². The molecule has 1 saturated heterocycles. The average molecular weight is 251 g/mol. The second kappa shape index (κ2) is 5.95. The number of likely N-dealkylation sites (N-methyl/N-ethyl adjacent to an activating group) is 1. The maximum atomic E-state index is 11.8. The monoisotopic (exact) mass is 251 g/mol. The zero-order chi connectivity index (χ0) is 13.0. The summed E-state index contributed by atoms with van der Waals surface area (Å²) in [5, 5.41) is 14.2. The first-order valence-corrected chi connectivity index (χ1v) is 6.55. The molecule has 1 aliphatic heterocycles. The van der Waals surface area contributed by atoms with Gasteiger partial charge in [-0.2, -0.15) is 0 Å². The number of carbonyl (C=O) groups excluding carboxylic acids is 1. The summed E-state index contributed by atoms with van der Waals surface area (Å²) in [6.07, 6.45) is 4.82. The van der Waals surface area contributed by atoms with Gasteiger partial charge in [-0.25, -0.2) is 0 Å². The van der Waals surface area contributed by atoms with Gasteiger partial charge in [0.2, 0.25) is 5.91 Å². The lowest BCUT2D eigenvalue weighted by molar-refractivity contribution is -0.123. The normalized spacial score (nSPS) is 23.9. The number of amides is 1. The van der Waals surface area contributed by atoms with E-state index in [1.165, 1.54) is 0 Å². The number of nitrogens with one attached hydrogen (secondary N) is 2. The molecule has 1 amide bonds. The largest absolute Gasteiger partial charge is 0.355 e. The number of aromatic nitrogens is 3. The second-order valence-corrected chi connectivity index (χ2v) is 4.88. The Balaban J connectivity index is 1.88. The molecule has 2 rings (SSSR count). The van der Waals surface area contributed by atoms with Crippen LogP contribution in [0, 0.1) is 5.92 Å². The van der Waals surface area contributed by atoms with E-state index in [4.69, 9.17) is 0 Å². The van der Waals surface area contributed by atoms with Crippen molar-refractivity contribution in [2.24, 2.45) is 13.0 Å². The number of hydrogen-bond acceptors (Lipinski definition) is 4. The third-order valence-corrected chi connectivity index (χ3v) is 3.33. The van der Waals surface area contributed by atoms with Crippen molar-refractivity contribution in [3.8, 4) is 0 Å². The molecule has 2 unspecified atom stereocenters. The number of nitrogens with zero attached hydrogens (tertiary/aromatic N) is 3. The first-order valence-electron chi connectivity index (χ1n) is 6.55. The van der Waals surface area contributed by atoms with Crippen LogP contribution in [0.3, 0.4) is 0 Å². The van der Waals surface area contributed by atoms with E-state index in [0.29, 0.717) is 12.5 Å². The van der Waals surface area contributed by atoms with Crippen LogP contribution < -0.4 is 10.6 Å². The van der Waals surface area contributed by atoms with Gasteiger partial charge >= 0.3 is 0 Å². The van der Waals surface area contributed by atoms with Crippen molar-refractivity contribution in [2.45, 2.75) is 32.2 Å². The Morgan fingerprint density at radius 1 is 1.67 bits per heavy atom. The van der Waals surface area contributed by atoms with Gasteiger partial charge in [0, 0.05) is 19.8 Å². The molecule has 6 nitrogen and oxygen atoms in total. The Morgan fingerprint density at radius 2 is 2.50 bits per heavy atom. The van der Waals surface area contributed by atoms with Crippen molar-refractivity contribution in [3.63, 3.8) is 0 Å². The molecule has 1 aromatic rings. The summed E-state index contributed by atoms with van der Waals surface area (Å²) in [7, 11) is 1.87. The molecule has 0 aliphatic carbocycles. The molecule has 0 aromatic carbocycles. The van der Waals surface area contributed by atoms with Crippen LogP contribution in [-0.4, -0.2) is 40.0 Å². The lowest BCUT2D eigenvalue weighted by Gasteiger charge is -2.29. The minimum absolute atomic E-state index is 0.0552. The number of rotatable bonds is 4. The lowest BCUT2D eigenvalue weighted by atomic mass is 9.88. The fourth-order valence-electron chi connectivity index (χ4n) is 2.46. The fourth-order valence-corrected chi connectivity index (χ4v) is 2.46. The number of aryl methyl sites for hydroxylation is 1. The van der Waals surface area contributed by atoms with Gasteiger partial charge in [-0.05, 0) is 38.6 Å². The molecule has 2 N–H and O–H groups in total. The SMILES string of the molecule is CCNC(=O)C1CC(Cc2cn(C)nn2)CCN1. The van der Waals surface area contributed by atoms with Crippen molar-refractivity contribution in [3.05, 3.63) is 11.9 Å². The van der Waals surface area contributed by atoms with Gasteiger partial charge in [-0.3, -0.25) is 9.48 Å². The van der Waals surface area contributed by atoms with Crippen molar-refractivity contribution >= 4 is 5.91 Å². The predicted octanol–water partition coefficient (Wildman–Crippen LogP) is -0.138. The molecule has 1 fully saturated rings. The molecule has 18 heavy (non-hydrogen) atoms. The van der Waals surface area contributed by atoms with Crippen LogP contribution in [-0.2, 0) is 18.3 Å². The van der Waals surface area contributed by atoms with E-state index in [1.54, 1.807) is 4.68 Å². The topological polar surface area (TPSA) is 71.8 Å². The minimum Gasteiger partial charge on any atom is -0.355 e. The number of carbonyl (C=O) groups is 1. The summed E-state index contributed by atoms with van der Waals surface area (Å²) in [5.41, 5.74) is 1.01. The van der Waals surface area contributed by atoms with E-state index in [0.717, 1.165) is 31.5 Å². The molecule has 2 heterocycles. The molecule has 0 radical (unpaired) electrons. The maximum absolute atomic E-state index is 11.8. The quantitative estimate of drug-likeness (QED) is 0.781. The Bertz CT molecular complexity index is 403. The molecule has 0 bridgehead atoms. The second-order valence-electron chi connectivity index (χ2n) is 4.88. The maximum Gasteiger partial charge on any atom is 0.237 e. The summed E-state index contributed by atoms with van der Waals surface area (Å²) in [6, 6.07) is -0.0552. The standard InChI is InChI=1S/C12H21N5O/c1-3-13-12(18)11-7-9(4-5-14-11)6-10-8-17(2)16-15-10/h8-9,11,14H,3-7H2,1-2H3,(H,13,18). The van der Waals surface area contributed by atoms with Crippen molar-refractivity contribution in [2.75, 3.05) is 13.1 Å². The van der Waals surface area contributed by atoms with E-state index in [-0.39, 0.29) is 11.9 Å². The van der Waals surface area contributed by atoms with Crippen molar-refractivity contribution < 1.29 is 4.79 Å². The highest BCUT2D eigenvalue weighted by Crippen LogP contribution is 2.20. The highest BCUT2D eigenvalue weighted by Gasteiger charge is 2.26. The van der Waals surface area contributed by atoms with Crippen LogP contribution in [0.25, 0.3) is 0 Å².